The average Bonchev–Trinajstić information content (AvgIpc) is 2.56. The predicted octanol–water partition coefficient (Wildman–Crippen LogP) is 2.24. The van der Waals surface area contributed by atoms with E-state index in [2.05, 4.69) is 9.88 Å². The topological polar surface area (TPSA) is 53.5 Å². The molecule has 3 rings (SSSR count). The fraction of sp³-hybridized carbons (Fsp3) is 0.312. The van der Waals surface area contributed by atoms with E-state index in [1.54, 1.807) is 34.8 Å². The number of rotatable bonds is 4. The van der Waals surface area contributed by atoms with E-state index in [0.29, 0.717) is 36.2 Å². The minimum Gasteiger partial charge on any atom is -0.296 e. The van der Waals surface area contributed by atoms with E-state index in [0.717, 1.165) is 12.1 Å². The van der Waals surface area contributed by atoms with Gasteiger partial charge in [-0.05, 0) is 29.8 Å². The molecule has 0 N–H and O–H groups in total. The molecule has 1 fully saturated rings. The summed E-state index contributed by atoms with van der Waals surface area (Å²) in [6.07, 6.45) is 1.69. The van der Waals surface area contributed by atoms with Crippen LogP contribution in [0.1, 0.15) is 5.56 Å². The van der Waals surface area contributed by atoms with Gasteiger partial charge in [-0.1, -0.05) is 29.8 Å². The highest BCUT2D eigenvalue weighted by molar-refractivity contribution is 7.89. The third-order valence-electron chi connectivity index (χ3n) is 3.91. The second-order valence-electron chi connectivity index (χ2n) is 5.48. The summed E-state index contributed by atoms with van der Waals surface area (Å²) in [5.41, 5.74) is 1.09. The largest absolute Gasteiger partial charge is 0.296 e. The smallest absolute Gasteiger partial charge is 0.243 e. The summed E-state index contributed by atoms with van der Waals surface area (Å²) >= 11 is 5.90. The van der Waals surface area contributed by atoms with Gasteiger partial charge in [-0.3, -0.25) is 4.90 Å². The van der Waals surface area contributed by atoms with Crippen molar-refractivity contribution >= 4 is 21.6 Å². The summed E-state index contributed by atoms with van der Waals surface area (Å²) in [5, 5.41) is 0.479. The predicted molar refractivity (Wildman–Crippen MR) is 89.7 cm³/mol. The van der Waals surface area contributed by atoms with Crippen LogP contribution in [0.2, 0.25) is 5.15 Å². The van der Waals surface area contributed by atoms with Crippen LogP contribution < -0.4 is 0 Å². The molecule has 0 radical (unpaired) electrons. The van der Waals surface area contributed by atoms with Crippen molar-refractivity contribution in [2.45, 2.75) is 11.4 Å². The molecular weight excluding hydrogens is 334 g/mol. The van der Waals surface area contributed by atoms with Crippen LogP contribution in [-0.2, 0) is 16.6 Å². The Kier molecular flexibility index (Phi) is 4.96. The van der Waals surface area contributed by atoms with Crippen LogP contribution in [0.15, 0.2) is 53.6 Å². The van der Waals surface area contributed by atoms with E-state index in [9.17, 15) is 8.42 Å². The summed E-state index contributed by atoms with van der Waals surface area (Å²) in [4.78, 5) is 6.55. The van der Waals surface area contributed by atoms with Gasteiger partial charge in [-0.2, -0.15) is 4.31 Å². The van der Waals surface area contributed by atoms with Crippen molar-refractivity contribution in [2.24, 2.45) is 0 Å². The van der Waals surface area contributed by atoms with Crippen molar-refractivity contribution in [1.82, 2.24) is 14.2 Å². The molecule has 1 aromatic heterocycles. The third kappa shape index (κ3) is 3.90. The number of benzene rings is 1. The molecule has 0 atom stereocenters. The van der Waals surface area contributed by atoms with Crippen molar-refractivity contribution in [3.05, 3.63) is 59.4 Å². The lowest BCUT2D eigenvalue weighted by Crippen LogP contribution is -2.48. The zero-order chi connectivity index (χ0) is 16.3. The Morgan fingerprint density at radius 2 is 1.74 bits per heavy atom. The fourth-order valence-electron chi connectivity index (χ4n) is 2.67. The maximum Gasteiger partial charge on any atom is 0.243 e. The average molecular weight is 352 g/mol. The Hall–Kier alpha value is -1.47. The van der Waals surface area contributed by atoms with E-state index >= 15 is 0 Å². The molecule has 0 bridgehead atoms. The zero-order valence-corrected chi connectivity index (χ0v) is 14.2. The summed E-state index contributed by atoms with van der Waals surface area (Å²) < 4.78 is 26.7. The Labute approximate surface area is 141 Å². The molecule has 1 saturated heterocycles. The number of halogens is 1. The summed E-state index contributed by atoms with van der Waals surface area (Å²) in [7, 11) is -3.39. The minimum absolute atomic E-state index is 0.356. The Morgan fingerprint density at radius 3 is 2.39 bits per heavy atom. The first-order valence-electron chi connectivity index (χ1n) is 7.44. The fourth-order valence-corrected chi connectivity index (χ4v) is 4.31. The quantitative estimate of drug-likeness (QED) is 0.793. The van der Waals surface area contributed by atoms with Gasteiger partial charge in [-0.15, -0.1) is 0 Å². The molecule has 1 aliphatic heterocycles. The van der Waals surface area contributed by atoms with Crippen molar-refractivity contribution in [3.8, 4) is 0 Å². The molecule has 1 aliphatic rings. The molecule has 1 aromatic carbocycles. The molecule has 2 heterocycles. The van der Waals surface area contributed by atoms with Gasteiger partial charge in [0.1, 0.15) is 5.15 Å². The molecule has 5 nitrogen and oxygen atoms in total. The first kappa shape index (κ1) is 16.4. The maximum absolute atomic E-state index is 12.6. The molecule has 7 heteroatoms. The highest BCUT2D eigenvalue weighted by Gasteiger charge is 2.28. The Morgan fingerprint density at radius 1 is 1.04 bits per heavy atom. The zero-order valence-electron chi connectivity index (χ0n) is 12.6. The van der Waals surface area contributed by atoms with Crippen molar-refractivity contribution in [2.75, 3.05) is 26.2 Å². The second-order valence-corrected chi connectivity index (χ2v) is 7.81. The number of sulfonamides is 1. The van der Waals surface area contributed by atoms with Crippen LogP contribution in [-0.4, -0.2) is 48.8 Å². The van der Waals surface area contributed by atoms with Crippen molar-refractivity contribution in [3.63, 3.8) is 0 Å². The highest BCUT2D eigenvalue weighted by Crippen LogP contribution is 2.18. The van der Waals surface area contributed by atoms with Gasteiger partial charge >= 0.3 is 0 Å². The highest BCUT2D eigenvalue weighted by atomic mass is 35.5. The van der Waals surface area contributed by atoms with Crippen LogP contribution in [0.4, 0.5) is 0 Å². The van der Waals surface area contributed by atoms with Crippen LogP contribution >= 0.6 is 11.6 Å². The van der Waals surface area contributed by atoms with Crippen LogP contribution in [0.3, 0.4) is 0 Å². The number of pyridine rings is 1. The van der Waals surface area contributed by atoms with Crippen LogP contribution in [0.25, 0.3) is 0 Å². The normalized spacial score (nSPS) is 17.3. The summed E-state index contributed by atoms with van der Waals surface area (Å²) in [6, 6.07) is 12.4. The van der Waals surface area contributed by atoms with Gasteiger partial charge in [0.25, 0.3) is 0 Å². The lowest BCUT2D eigenvalue weighted by molar-refractivity contribution is 0.181. The number of piperazine rings is 1. The molecule has 0 unspecified atom stereocenters. The summed E-state index contributed by atoms with van der Waals surface area (Å²) in [5.74, 6) is 0. The molecule has 0 aliphatic carbocycles. The van der Waals surface area contributed by atoms with Crippen LogP contribution in [0.5, 0.6) is 0 Å². The minimum atomic E-state index is -3.39. The van der Waals surface area contributed by atoms with E-state index in [-0.39, 0.29) is 0 Å². The first-order valence-corrected chi connectivity index (χ1v) is 9.25. The van der Waals surface area contributed by atoms with Gasteiger partial charge in [-0.25, -0.2) is 13.4 Å². The van der Waals surface area contributed by atoms with Gasteiger partial charge in [0.05, 0.1) is 4.90 Å². The number of nitrogens with zero attached hydrogens (tertiary/aromatic N) is 3. The van der Waals surface area contributed by atoms with Gasteiger partial charge < -0.3 is 0 Å². The van der Waals surface area contributed by atoms with E-state index in [4.69, 9.17) is 11.6 Å². The second kappa shape index (κ2) is 6.97. The molecule has 122 valence electrons. The van der Waals surface area contributed by atoms with Gasteiger partial charge in [0.15, 0.2) is 0 Å². The van der Waals surface area contributed by atoms with E-state index < -0.39 is 10.0 Å². The lowest BCUT2D eigenvalue weighted by Gasteiger charge is -2.34. The molecular formula is C16H18ClN3O2S. The molecule has 0 amide bonds. The number of hydrogen-bond donors (Lipinski definition) is 0. The van der Waals surface area contributed by atoms with Crippen molar-refractivity contribution < 1.29 is 8.42 Å². The Balaban J connectivity index is 1.62. The third-order valence-corrected chi connectivity index (χ3v) is 6.03. The molecule has 0 saturated carbocycles. The van der Waals surface area contributed by atoms with Crippen molar-refractivity contribution in [1.29, 1.82) is 0 Å². The maximum atomic E-state index is 12.6. The number of aromatic nitrogens is 1. The van der Waals surface area contributed by atoms with E-state index in [1.807, 2.05) is 18.2 Å². The molecule has 2 aromatic rings. The lowest BCUT2D eigenvalue weighted by atomic mass is 10.2. The van der Waals surface area contributed by atoms with Crippen LogP contribution in [0, 0.1) is 0 Å². The summed E-state index contributed by atoms with van der Waals surface area (Å²) in [6.45, 7) is 3.14. The molecule has 0 spiro atoms. The Bertz CT molecular complexity index is 760. The van der Waals surface area contributed by atoms with Gasteiger partial charge in [0.2, 0.25) is 10.0 Å². The monoisotopic (exact) mass is 351 g/mol. The van der Waals surface area contributed by atoms with E-state index in [1.165, 1.54) is 0 Å². The SMILES string of the molecule is O=S(=O)(c1ccccc1)N1CCN(Cc2ccnc(Cl)c2)CC1. The standard InChI is InChI=1S/C16H18ClN3O2S/c17-16-12-14(6-7-18-16)13-19-8-10-20(11-9-19)23(21,22)15-4-2-1-3-5-15/h1-7,12H,8-11,13H2. The molecule has 23 heavy (non-hydrogen) atoms. The van der Waals surface area contributed by atoms with Gasteiger partial charge in [0, 0.05) is 38.9 Å². The first-order chi connectivity index (χ1) is 11.1. The number of hydrogen-bond acceptors (Lipinski definition) is 4.